The molecule has 0 saturated carbocycles. The molecule has 0 heterocycles. The largest absolute Gasteiger partial charge is 0.458 e. The second-order valence-electron chi connectivity index (χ2n) is 3.14. The number of hydrogen-bond donors (Lipinski definition) is 2. The Morgan fingerprint density at radius 3 is 2.24 bits per heavy atom. The van der Waals surface area contributed by atoms with E-state index in [9.17, 15) is 22.0 Å². The van der Waals surface area contributed by atoms with E-state index in [0.29, 0.717) is 12.1 Å². The molecule has 17 heavy (non-hydrogen) atoms. The minimum absolute atomic E-state index is 0.0288. The average Bonchev–Trinajstić information content (AvgIpc) is 2.15. The Kier molecular flexibility index (Phi) is 3.56. The van der Waals surface area contributed by atoms with Gasteiger partial charge in [-0.15, -0.1) is 0 Å². The molecule has 1 aromatic carbocycles. The van der Waals surface area contributed by atoms with Crippen molar-refractivity contribution in [2.45, 2.75) is 12.1 Å². The number of halogens is 5. The van der Waals surface area contributed by atoms with E-state index in [1.807, 2.05) is 0 Å². The van der Waals surface area contributed by atoms with Crippen LogP contribution in [0.25, 0.3) is 0 Å². The van der Waals surface area contributed by atoms with E-state index in [1.165, 1.54) is 6.07 Å². The smallest absolute Gasteiger partial charge is 0.376 e. The molecule has 0 spiro atoms. The van der Waals surface area contributed by atoms with Crippen LogP contribution in [0.15, 0.2) is 24.3 Å². The van der Waals surface area contributed by atoms with Crippen LogP contribution in [-0.2, 0) is 5.92 Å². The third-order valence-corrected chi connectivity index (χ3v) is 1.95. The third kappa shape index (κ3) is 3.02. The summed E-state index contributed by atoms with van der Waals surface area (Å²) in [4.78, 5) is 0. The molecule has 0 unspecified atom stereocenters. The normalized spacial score (nSPS) is 12.3. The van der Waals surface area contributed by atoms with Crippen LogP contribution in [0.1, 0.15) is 5.56 Å². The number of nitrogens with two attached hydrogens (primary N) is 1. The van der Waals surface area contributed by atoms with E-state index in [1.54, 1.807) is 0 Å². The molecule has 0 radical (unpaired) electrons. The first-order valence-corrected chi connectivity index (χ1v) is 4.67. The predicted molar refractivity (Wildman–Crippen MR) is 56.8 cm³/mol. The lowest BCUT2D eigenvalue weighted by Crippen LogP contribution is -2.33. The Bertz CT molecular complexity index is 430. The topological polar surface area (TPSA) is 38.0 Å². The minimum atomic E-state index is -5.64. The number of benzene rings is 1. The first-order valence-electron chi connectivity index (χ1n) is 4.26. The Balaban J connectivity index is 3.11. The second kappa shape index (κ2) is 4.44. The summed E-state index contributed by atoms with van der Waals surface area (Å²) in [5, 5.41) is 2.05. The van der Waals surface area contributed by atoms with Crippen molar-refractivity contribution in [2.75, 3.05) is 5.32 Å². The van der Waals surface area contributed by atoms with Crippen LogP contribution < -0.4 is 11.1 Å². The molecule has 1 aromatic rings. The predicted octanol–water partition coefficient (Wildman–Crippen LogP) is 3.00. The molecule has 0 atom stereocenters. The van der Waals surface area contributed by atoms with Gasteiger partial charge in [-0.3, -0.25) is 0 Å². The van der Waals surface area contributed by atoms with Gasteiger partial charge < -0.3 is 11.1 Å². The molecular formula is C9H7F5N2S. The molecule has 0 aliphatic rings. The summed E-state index contributed by atoms with van der Waals surface area (Å²) in [5.41, 5.74) is 3.88. The number of rotatable bonds is 2. The van der Waals surface area contributed by atoms with Crippen LogP contribution in [0.2, 0.25) is 0 Å². The fourth-order valence-corrected chi connectivity index (χ4v) is 1.22. The Morgan fingerprint density at radius 2 is 1.76 bits per heavy atom. The molecule has 0 aromatic heterocycles. The molecule has 94 valence electrons. The summed E-state index contributed by atoms with van der Waals surface area (Å²) < 4.78 is 62.2. The molecule has 0 fully saturated rings. The highest BCUT2D eigenvalue weighted by Gasteiger charge is 2.58. The van der Waals surface area contributed by atoms with Gasteiger partial charge in [0.15, 0.2) is 5.11 Å². The summed E-state index contributed by atoms with van der Waals surface area (Å²) >= 11 is 4.44. The SMILES string of the molecule is NC(=S)Nc1cccc(C(F)(F)C(F)(F)F)c1. The van der Waals surface area contributed by atoms with Gasteiger partial charge in [0.25, 0.3) is 0 Å². The fourth-order valence-electron chi connectivity index (χ4n) is 1.10. The Labute approximate surface area is 98.6 Å². The van der Waals surface area contributed by atoms with Gasteiger partial charge in [-0.05, 0) is 24.4 Å². The quantitative estimate of drug-likeness (QED) is 0.641. The van der Waals surface area contributed by atoms with Gasteiger partial charge in [0.05, 0.1) is 0 Å². The summed E-state index contributed by atoms with van der Waals surface area (Å²) in [5.74, 6) is -4.92. The maximum Gasteiger partial charge on any atom is 0.458 e. The monoisotopic (exact) mass is 270 g/mol. The van der Waals surface area contributed by atoms with E-state index >= 15 is 0 Å². The molecule has 1 rings (SSSR count). The molecule has 0 aliphatic heterocycles. The van der Waals surface area contributed by atoms with Gasteiger partial charge in [-0.1, -0.05) is 12.1 Å². The van der Waals surface area contributed by atoms with E-state index < -0.39 is 17.7 Å². The van der Waals surface area contributed by atoms with Crippen molar-refractivity contribution in [3.05, 3.63) is 29.8 Å². The van der Waals surface area contributed by atoms with Crippen LogP contribution in [0.5, 0.6) is 0 Å². The lowest BCUT2D eigenvalue weighted by Gasteiger charge is -2.20. The van der Waals surface area contributed by atoms with Gasteiger partial charge in [-0.2, -0.15) is 22.0 Å². The van der Waals surface area contributed by atoms with E-state index in [2.05, 4.69) is 17.5 Å². The highest BCUT2D eigenvalue weighted by atomic mass is 32.1. The van der Waals surface area contributed by atoms with Crippen LogP contribution in [0.4, 0.5) is 27.6 Å². The van der Waals surface area contributed by atoms with Crippen molar-refractivity contribution in [3.8, 4) is 0 Å². The highest BCUT2D eigenvalue weighted by Crippen LogP contribution is 2.44. The third-order valence-electron chi connectivity index (χ3n) is 1.85. The van der Waals surface area contributed by atoms with Gasteiger partial charge in [0, 0.05) is 11.3 Å². The average molecular weight is 270 g/mol. The zero-order valence-electron chi connectivity index (χ0n) is 8.18. The van der Waals surface area contributed by atoms with E-state index in [0.717, 1.165) is 6.07 Å². The Hall–Kier alpha value is -1.44. The van der Waals surface area contributed by atoms with Gasteiger partial charge in [0.1, 0.15) is 0 Å². The van der Waals surface area contributed by atoms with Crippen molar-refractivity contribution >= 4 is 23.0 Å². The van der Waals surface area contributed by atoms with Crippen LogP contribution in [0, 0.1) is 0 Å². The first kappa shape index (κ1) is 13.6. The van der Waals surface area contributed by atoms with Crippen LogP contribution in [-0.4, -0.2) is 11.3 Å². The van der Waals surface area contributed by atoms with Gasteiger partial charge in [0.2, 0.25) is 0 Å². The fraction of sp³-hybridized carbons (Fsp3) is 0.222. The number of alkyl halides is 5. The molecule has 3 N–H and O–H groups in total. The molecule has 8 heteroatoms. The minimum Gasteiger partial charge on any atom is -0.376 e. The highest BCUT2D eigenvalue weighted by molar-refractivity contribution is 7.80. The van der Waals surface area contributed by atoms with Crippen molar-refractivity contribution in [1.29, 1.82) is 0 Å². The summed E-state index contributed by atoms with van der Waals surface area (Å²) in [6, 6.07) is 3.65. The van der Waals surface area contributed by atoms with Crippen molar-refractivity contribution < 1.29 is 22.0 Å². The Morgan fingerprint density at radius 1 is 1.18 bits per heavy atom. The number of nitrogens with one attached hydrogen (secondary N) is 1. The standard InChI is InChI=1S/C9H7F5N2S/c10-8(11,9(12,13)14)5-2-1-3-6(4-5)16-7(15)17/h1-4H,(H3,15,16,17). The van der Waals surface area contributed by atoms with Gasteiger partial charge >= 0.3 is 12.1 Å². The van der Waals surface area contributed by atoms with E-state index in [-0.39, 0.29) is 10.8 Å². The van der Waals surface area contributed by atoms with Gasteiger partial charge in [-0.25, -0.2) is 0 Å². The molecule has 2 nitrogen and oxygen atoms in total. The van der Waals surface area contributed by atoms with E-state index in [4.69, 9.17) is 5.73 Å². The maximum atomic E-state index is 13.0. The summed E-state index contributed by atoms with van der Waals surface area (Å²) in [7, 11) is 0. The zero-order chi connectivity index (χ0) is 13.3. The lowest BCUT2D eigenvalue weighted by atomic mass is 10.1. The lowest BCUT2D eigenvalue weighted by molar-refractivity contribution is -0.289. The summed E-state index contributed by atoms with van der Waals surface area (Å²) in [6.45, 7) is 0. The molecule has 0 amide bonds. The van der Waals surface area contributed by atoms with Crippen LogP contribution >= 0.6 is 12.2 Å². The number of thiocarbonyl (C=S) groups is 1. The molecule has 0 bridgehead atoms. The number of hydrogen-bond acceptors (Lipinski definition) is 1. The summed E-state index contributed by atoms with van der Waals surface area (Å²) in [6.07, 6.45) is -5.64. The first-order chi connectivity index (χ1) is 7.64. The van der Waals surface area contributed by atoms with Crippen molar-refractivity contribution in [3.63, 3.8) is 0 Å². The zero-order valence-corrected chi connectivity index (χ0v) is 9.00. The van der Waals surface area contributed by atoms with Crippen molar-refractivity contribution in [1.82, 2.24) is 0 Å². The molecule has 0 saturated heterocycles. The van der Waals surface area contributed by atoms with Crippen molar-refractivity contribution in [2.24, 2.45) is 5.73 Å². The number of anilines is 1. The maximum absolute atomic E-state index is 13.0. The van der Waals surface area contributed by atoms with Crippen LogP contribution in [0.3, 0.4) is 0 Å². The second-order valence-corrected chi connectivity index (χ2v) is 3.58. The molecular weight excluding hydrogens is 263 g/mol. The molecule has 0 aliphatic carbocycles.